The molecule has 0 bridgehead atoms. The van der Waals surface area contributed by atoms with Gasteiger partial charge in [-0.1, -0.05) is 19.1 Å². The zero-order chi connectivity index (χ0) is 25.5. The maximum absolute atomic E-state index is 14.6. The molecule has 2 fully saturated rings. The second-order valence-corrected chi connectivity index (χ2v) is 10.7. The summed E-state index contributed by atoms with van der Waals surface area (Å²) in [7, 11) is 0. The van der Waals surface area contributed by atoms with Gasteiger partial charge >= 0.3 is 0 Å². The Morgan fingerprint density at radius 1 is 1.11 bits per heavy atom. The number of fused-ring (bicyclic) bond motifs is 3. The molecule has 0 spiro atoms. The number of carbonyl (C=O) groups is 1. The molecule has 5 nitrogen and oxygen atoms in total. The number of carbonyl (C=O) groups excluding carboxylic acids is 1. The minimum Gasteiger partial charge on any atom is -0.489 e. The summed E-state index contributed by atoms with van der Waals surface area (Å²) in [4.78, 5) is 18.2. The van der Waals surface area contributed by atoms with Gasteiger partial charge in [-0.15, -0.1) is 0 Å². The van der Waals surface area contributed by atoms with Crippen molar-refractivity contribution in [1.29, 1.82) is 0 Å². The van der Waals surface area contributed by atoms with E-state index in [-0.39, 0.29) is 18.3 Å². The van der Waals surface area contributed by atoms with E-state index >= 15 is 0 Å². The lowest BCUT2D eigenvalue weighted by atomic mass is 10.0. The van der Waals surface area contributed by atoms with Crippen molar-refractivity contribution in [2.45, 2.75) is 52.1 Å². The van der Waals surface area contributed by atoms with Crippen LogP contribution in [0.15, 0.2) is 48.5 Å². The van der Waals surface area contributed by atoms with Crippen molar-refractivity contribution in [1.82, 2.24) is 9.88 Å². The molecule has 0 N–H and O–H groups in total. The summed E-state index contributed by atoms with van der Waals surface area (Å²) in [6.45, 7) is 6.52. The Kier molecular flexibility index (Phi) is 6.35. The average Bonchev–Trinajstić information content (AvgIpc) is 3.19. The fourth-order valence-corrected chi connectivity index (χ4v) is 6.11. The normalized spacial score (nSPS) is 21.6. The first-order chi connectivity index (χ1) is 18.0. The molecule has 37 heavy (non-hydrogen) atoms. The smallest absolute Gasteiger partial charge is 0.222 e. The second-order valence-electron chi connectivity index (χ2n) is 10.7. The third-order valence-corrected chi connectivity index (χ3v) is 8.30. The van der Waals surface area contributed by atoms with E-state index in [0.29, 0.717) is 24.5 Å². The quantitative estimate of drug-likeness (QED) is 0.335. The zero-order valence-corrected chi connectivity index (χ0v) is 21.5. The van der Waals surface area contributed by atoms with Gasteiger partial charge in [-0.05, 0) is 91.0 Å². The lowest BCUT2D eigenvalue weighted by Crippen LogP contribution is -2.26. The fourth-order valence-electron chi connectivity index (χ4n) is 6.11. The summed E-state index contributed by atoms with van der Waals surface area (Å²) in [6.07, 6.45) is 3.52. The number of rotatable bonds is 9. The van der Waals surface area contributed by atoms with Crippen molar-refractivity contribution in [2.24, 2.45) is 11.8 Å². The van der Waals surface area contributed by atoms with Crippen LogP contribution in [0.25, 0.3) is 11.1 Å². The molecule has 1 saturated heterocycles. The number of benzene rings is 2. The van der Waals surface area contributed by atoms with E-state index in [1.807, 2.05) is 36.1 Å². The minimum absolute atomic E-state index is 0.176. The largest absolute Gasteiger partial charge is 0.489 e. The number of pyridine rings is 1. The molecule has 1 aliphatic heterocycles. The number of aryl methyl sites for hydroxylation is 1. The van der Waals surface area contributed by atoms with Crippen LogP contribution < -0.4 is 9.47 Å². The highest BCUT2D eigenvalue weighted by Gasteiger charge is 2.52. The maximum Gasteiger partial charge on any atom is 0.222 e. The Balaban J connectivity index is 1.07. The second kappa shape index (κ2) is 9.81. The first kappa shape index (κ1) is 24.0. The van der Waals surface area contributed by atoms with E-state index in [4.69, 9.17) is 9.47 Å². The van der Waals surface area contributed by atoms with Crippen LogP contribution in [0.3, 0.4) is 0 Å². The molecular formula is C31H33FN2O3. The van der Waals surface area contributed by atoms with Crippen molar-refractivity contribution >= 4 is 5.91 Å². The van der Waals surface area contributed by atoms with Crippen molar-refractivity contribution < 1.29 is 18.7 Å². The SMILES string of the molecule is Cc1nc(OCCCN2CCCC2=O)ccc1-c1ccc(F)c(COc2ccc3c(c2)C[C@H]2[C@H](C)[C@@H]32)c1. The highest BCUT2D eigenvalue weighted by Crippen LogP contribution is 2.61. The molecular weight excluding hydrogens is 467 g/mol. The number of aromatic nitrogens is 1. The molecule has 0 unspecified atom stereocenters. The number of halogens is 1. The van der Waals surface area contributed by atoms with Crippen molar-refractivity contribution in [3.8, 4) is 22.8 Å². The Hall–Kier alpha value is -3.41. The van der Waals surface area contributed by atoms with Gasteiger partial charge in [-0.25, -0.2) is 9.37 Å². The van der Waals surface area contributed by atoms with E-state index in [0.717, 1.165) is 72.7 Å². The van der Waals surface area contributed by atoms with Gasteiger partial charge in [-0.3, -0.25) is 4.79 Å². The standard InChI is InChI=1S/C31H33FN2O3/c1-19-27-17-22-16-24(7-8-26(22)31(19)27)37-18-23-15-21(6-10-28(23)32)25-9-11-29(33-20(25)2)36-14-4-13-34-12-3-5-30(34)35/h6-11,15-16,19,27,31H,3-5,12-14,17-18H2,1-2H3/t19-,27-,31-/m0/s1. The lowest BCUT2D eigenvalue weighted by molar-refractivity contribution is -0.127. The Labute approximate surface area is 217 Å². The summed E-state index contributed by atoms with van der Waals surface area (Å²) < 4.78 is 26.5. The van der Waals surface area contributed by atoms with Crippen LogP contribution in [0.4, 0.5) is 4.39 Å². The van der Waals surface area contributed by atoms with E-state index < -0.39 is 0 Å². The van der Waals surface area contributed by atoms with Crippen LogP contribution in [0.2, 0.25) is 0 Å². The molecule has 2 heterocycles. The highest BCUT2D eigenvalue weighted by molar-refractivity contribution is 5.78. The van der Waals surface area contributed by atoms with Crippen molar-refractivity contribution in [3.63, 3.8) is 0 Å². The maximum atomic E-state index is 14.6. The van der Waals surface area contributed by atoms with Crippen LogP contribution in [0.5, 0.6) is 11.6 Å². The van der Waals surface area contributed by atoms with Gasteiger partial charge < -0.3 is 14.4 Å². The minimum atomic E-state index is -0.276. The fraction of sp³-hybridized carbons (Fsp3) is 0.419. The van der Waals surface area contributed by atoms with Crippen molar-refractivity contribution in [2.75, 3.05) is 19.7 Å². The van der Waals surface area contributed by atoms with Gasteiger partial charge in [0.1, 0.15) is 18.2 Å². The van der Waals surface area contributed by atoms with Gasteiger partial charge in [0.05, 0.1) is 6.61 Å². The number of likely N-dealkylation sites (tertiary alicyclic amines) is 1. The van der Waals surface area contributed by atoms with Crippen molar-refractivity contribution in [3.05, 3.63) is 76.7 Å². The van der Waals surface area contributed by atoms with Crippen LogP contribution >= 0.6 is 0 Å². The summed E-state index contributed by atoms with van der Waals surface area (Å²) in [5.41, 5.74) is 6.01. The lowest BCUT2D eigenvalue weighted by Gasteiger charge is -2.15. The summed E-state index contributed by atoms with van der Waals surface area (Å²) in [6, 6.07) is 15.3. The molecule has 6 rings (SSSR count). The molecule has 3 aromatic rings. The third kappa shape index (κ3) is 4.81. The number of ether oxygens (including phenoxy) is 2. The van der Waals surface area contributed by atoms with Gasteiger partial charge in [0.25, 0.3) is 0 Å². The van der Waals surface area contributed by atoms with E-state index in [1.54, 1.807) is 6.07 Å². The first-order valence-corrected chi connectivity index (χ1v) is 13.4. The Bertz CT molecular complexity index is 1340. The average molecular weight is 501 g/mol. The third-order valence-electron chi connectivity index (χ3n) is 8.30. The van der Waals surface area contributed by atoms with Crippen LogP contribution in [-0.2, 0) is 17.8 Å². The highest BCUT2D eigenvalue weighted by atomic mass is 19.1. The van der Waals surface area contributed by atoms with Gasteiger partial charge in [-0.2, -0.15) is 0 Å². The van der Waals surface area contributed by atoms with E-state index in [2.05, 4.69) is 24.0 Å². The zero-order valence-electron chi connectivity index (χ0n) is 21.5. The number of hydrogen-bond acceptors (Lipinski definition) is 4. The topological polar surface area (TPSA) is 51.7 Å². The number of nitrogens with zero attached hydrogens (tertiary/aromatic N) is 2. The number of amides is 1. The Morgan fingerprint density at radius 3 is 2.81 bits per heavy atom. The Morgan fingerprint density at radius 2 is 2.00 bits per heavy atom. The van der Waals surface area contributed by atoms with E-state index in [1.165, 1.54) is 17.2 Å². The first-order valence-electron chi connectivity index (χ1n) is 13.4. The molecule has 2 aromatic carbocycles. The molecule has 6 heteroatoms. The summed E-state index contributed by atoms with van der Waals surface area (Å²) >= 11 is 0. The van der Waals surface area contributed by atoms with E-state index in [9.17, 15) is 9.18 Å². The molecule has 1 saturated carbocycles. The van der Waals surface area contributed by atoms with Crippen LogP contribution in [0, 0.1) is 24.6 Å². The predicted octanol–water partition coefficient (Wildman–Crippen LogP) is 6.07. The molecule has 0 radical (unpaired) electrons. The summed E-state index contributed by atoms with van der Waals surface area (Å²) in [5, 5.41) is 0. The summed E-state index contributed by atoms with van der Waals surface area (Å²) in [5.74, 6) is 3.65. The molecule has 1 aromatic heterocycles. The van der Waals surface area contributed by atoms with Gasteiger partial charge in [0.2, 0.25) is 11.8 Å². The molecule has 3 aliphatic rings. The molecule has 192 valence electrons. The molecule has 2 aliphatic carbocycles. The monoisotopic (exact) mass is 500 g/mol. The predicted molar refractivity (Wildman–Crippen MR) is 140 cm³/mol. The van der Waals surface area contributed by atoms with Crippen LogP contribution in [0.1, 0.15) is 54.5 Å². The van der Waals surface area contributed by atoms with Gasteiger partial charge in [0.15, 0.2) is 0 Å². The molecule has 1 amide bonds. The van der Waals surface area contributed by atoms with Gasteiger partial charge in [0, 0.05) is 42.4 Å². The molecule has 3 atom stereocenters. The van der Waals surface area contributed by atoms with Crippen LogP contribution in [-0.4, -0.2) is 35.5 Å². The number of hydrogen-bond donors (Lipinski definition) is 0.